The lowest BCUT2D eigenvalue weighted by molar-refractivity contribution is 0.0981. The highest BCUT2D eigenvalue weighted by Gasteiger charge is 2.23. The summed E-state index contributed by atoms with van der Waals surface area (Å²) in [7, 11) is 0. The molecule has 37 heavy (non-hydrogen) atoms. The van der Waals surface area contributed by atoms with Crippen LogP contribution in [0.3, 0.4) is 0 Å². The van der Waals surface area contributed by atoms with E-state index in [-0.39, 0.29) is 24.1 Å². The molecule has 4 rings (SSSR count). The van der Waals surface area contributed by atoms with Gasteiger partial charge in [0.25, 0.3) is 5.91 Å². The third-order valence-electron chi connectivity index (χ3n) is 6.11. The van der Waals surface area contributed by atoms with E-state index in [4.69, 9.17) is 9.72 Å². The maximum atomic E-state index is 13.7. The number of halogens is 1. The van der Waals surface area contributed by atoms with Gasteiger partial charge in [0.05, 0.1) is 11.3 Å². The van der Waals surface area contributed by atoms with E-state index in [0.29, 0.717) is 35.0 Å². The molecule has 1 heterocycles. The summed E-state index contributed by atoms with van der Waals surface area (Å²) in [5.41, 5.74) is 2.46. The minimum atomic E-state index is -0.141. The van der Waals surface area contributed by atoms with E-state index in [2.05, 4.69) is 18.7 Å². The van der Waals surface area contributed by atoms with E-state index in [1.54, 1.807) is 41.3 Å². The molecular formula is C29H32ClN3O3S. The molecule has 0 saturated heterocycles. The van der Waals surface area contributed by atoms with Crippen LogP contribution in [-0.2, 0) is 0 Å². The summed E-state index contributed by atoms with van der Waals surface area (Å²) < 4.78 is 6.74. The van der Waals surface area contributed by atoms with Crippen LogP contribution in [0.2, 0.25) is 0 Å². The molecule has 0 aliphatic heterocycles. The topological polar surface area (TPSA) is 62.7 Å². The van der Waals surface area contributed by atoms with Crippen molar-refractivity contribution in [3.8, 4) is 5.75 Å². The van der Waals surface area contributed by atoms with Crippen molar-refractivity contribution < 1.29 is 14.3 Å². The van der Waals surface area contributed by atoms with Crippen LogP contribution in [-0.4, -0.2) is 54.4 Å². The minimum Gasteiger partial charge on any atom is -0.492 e. The molecule has 0 N–H and O–H groups in total. The monoisotopic (exact) mass is 537 g/mol. The fraction of sp³-hybridized carbons (Fsp3) is 0.276. The number of hydrogen-bond donors (Lipinski definition) is 0. The molecule has 0 bridgehead atoms. The highest BCUT2D eigenvalue weighted by molar-refractivity contribution is 7.22. The molecule has 0 spiro atoms. The summed E-state index contributed by atoms with van der Waals surface area (Å²) in [4.78, 5) is 35.4. The lowest BCUT2D eigenvalue weighted by Crippen LogP contribution is -2.38. The zero-order chi connectivity index (χ0) is 25.5. The van der Waals surface area contributed by atoms with Crippen LogP contribution in [0.4, 0.5) is 5.13 Å². The maximum Gasteiger partial charge on any atom is 0.260 e. The first-order valence-corrected chi connectivity index (χ1v) is 13.1. The number of carbonyl (C=O) groups is 2. The van der Waals surface area contributed by atoms with E-state index in [9.17, 15) is 9.59 Å². The zero-order valence-corrected chi connectivity index (χ0v) is 23.0. The number of likely N-dealkylation sites (N-methyl/N-ethyl adjacent to an activating group) is 1. The summed E-state index contributed by atoms with van der Waals surface area (Å²) in [5, 5.41) is 0.638. The van der Waals surface area contributed by atoms with Crippen molar-refractivity contribution >= 4 is 50.8 Å². The average molecular weight is 538 g/mol. The molecule has 0 saturated carbocycles. The van der Waals surface area contributed by atoms with Crippen LogP contribution >= 0.6 is 23.7 Å². The predicted octanol–water partition coefficient (Wildman–Crippen LogP) is 6.34. The van der Waals surface area contributed by atoms with Gasteiger partial charge in [-0.15, -0.1) is 12.4 Å². The fourth-order valence-electron chi connectivity index (χ4n) is 4.04. The second-order valence-electron chi connectivity index (χ2n) is 8.29. The Kier molecular flexibility index (Phi) is 10.2. The van der Waals surface area contributed by atoms with Crippen LogP contribution in [0.25, 0.3) is 10.2 Å². The number of ether oxygens (including phenoxy) is 1. The highest BCUT2D eigenvalue weighted by Crippen LogP contribution is 2.34. The van der Waals surface area contributed by atoms with E-state index >= 15 is 0 Å². The number of benzene rings is 3. The van der Waals surface area contributed by atoms with Gasteiger partial charge in [-0.05, 0) is 44.3 Å². The number of thiazole rings is 1. The molecular weight excluding hydrogens is 506 g/mol. The van der Waals surface area contributed by atoms with Gasteiger partial charge in [0, 0.05) is 29.8 Å². The van der Waals surface area contributed by atoms with Crippen LogP contribution in [0.1, 0.15) is 47.1 Å². The zero-order valence-electron chi connectivity index (χ0n) is 21.3. The SMILES string of the molecule is CCOc1cccc2sc(N(CCN(CC)CC)C(=O)c3ccc(C(=O)c4ccccc4)cc3)nc12.Cl. The van der Waals surface area contributed by atoms with Crippen molar-refractivity contribution in [1.29, 1.82) is 0 Å². The third-order valence-corrected chi connectivity index (χ3v) is 7.15. The van der Waals surface area contributed by atoms with E-state index in [0.717, 1.165) is 35.6 Å². The van der Waals surface area contributed by atoms with Gasteiger partial charge in [0.2, 0.25) is 0 Å². The number of anilines is 1. The lowest BCUT2D eigenvalue weighted by atomic mass is 10.0. The van der Waals surface area contributed by atoms with Gasteiger partial charge in [-0.25, -0.2) is 4.98 Å². The lowest BCUT2D eigenvalue weighted by Gasteiger charge is -2.24. The molecule has 1 amide bonds. The molecule has 194 valence electrons. The Morgan fingerprint density at radius 3 is 2.11 bits per heavy atom. The summed E-state index contributed by atoms with van der Waals surface area (Å²) in [6, 6.07) is 21.9. The Morgan fingerprint density at radius 2 is 1.46 bits per heavy atom. The Balaban J connectivity index is 0.00000380. The molecule has 8 heteroatoms. The normalized spacial score (nSPS) is 10.8. The summed E-state index contributed by atoms with van der Waals surface area (Å²) in [6.07, 6.45) is 0. The molecule has 1 aromatic heterocycles. The van der Waals surface area contributed by atoms with Crippen molar-refractivity contribution in [2.45, 2.75) is 20.8 Å². The Bertz CT molecular complexity index is 1320. The Hall–Kier alpha value is -3.26. The van der Waals surface area contributed by atoms with Gasteiger partial charge in [0.15, 0.2) is 10.9 Å². The van der Waals surface area contributed by atoms with Crippen molar-refractivity contribution in [2.75, 3.05) is 37.7 Å². The Labute approximate surface area is 228 Å². The number of fused-ring (bicyclic) bond motifs is 1. The number of nitrogens with zero attached hydrogens (tertiary/aromatic N) is 3. The third kappa shape index (κ3) is 6.55. The Morgan fingerprint density at radius 1 is 0.811 bits per heavy atom. The van der Waals surface area contributed by atoms with Crippen molar-refractivity contribution in [3.63, 3.8) is 0 Å². The fourth-order valence-corrected chi connectivity index (χ4v) is 5.05. The first kappa shape index (κ1) is 28.3. The van der Waals surface area contributed by atoms with Crippen molar-refractivity contribution in [2.24, 2.45) is 0 Å². The second kappa shape index (κ2) is 13.3. The van der Waals surface area contributed by atoms with Gasteiger partial charge in [-0.2, -0.15) is 0 Å². The first-order valence-electron chi connectivity index (χ1n) is 12.3. The molecule has 0 aliphatic rings. The van der Waals surface area contributed by atoms with E-state index in [1.165, 1.54) is 11.3 Å². The molecule has 4 aromatic rings. The van der Waals surface area contributed by atoms with Crippen LogP contribution in [0, 0.1) is 0 Å². The largest absolute Gasteiger partial charge is 0.492 e. The number of amides is 1. The molecule has 0 atom stereocenters. The number of para-hydroxylation sites is 1. The first-order chi connectivity index (χ1) is 17.5. The molecule has 3 aromatic carbocycles. The average Bonchev–Trinajstić information content (AvgIpc) is 3.36. The molecule has 0 radical (unpaired) electrons. The van der Waals surface area contributed by atoms with Gasteiger partial charge in [0.1, 0.15) is 11.3 Å². The molecule has 0 fully saturated rings. The van der Waals surface area contributed by atoms with Crippen LogP contribution in [0.15, 0.2) is 72.8 Å². The summed E-state index contributed by atoms with van der Waals surface area (Å²) in [6.45, 7) is 9.77. The standard InChI is InChI=1S/C29H31N3O3S.ClH/c1-4-31(5-2)19-20-32(29-30-26-24(35-6-3)13-10-14-25(26)36-29)28(34)23-17-15-22(16-18-23)27(33)21-11-8-7-9-12-21;/h7-18H,4-6,19-20H2,1-3H3;1H. The summed E-state index contributed by atoms with van der Waals surface area (Å²) >= 11 is 1.48. The van der Waals surface area contributed by atoms with Crippen molar-refractivity contribution in [1.82, 2.24) is 9.88 Å². The van der Waals surface area contributed by atoms with E-state index in [1.807, 2.05) is 43.3 Å². The second-order valence-corrected chi connectivity index (χ2v) is 9.30. The van der Waals surface area contributed by atoms with Crippen LogP contribution in [0.5, 0.6) is 5.75 Å². The van der Waals surface area contributed by atoms with E-state index < -0.39 is 0 Å². The minimum absolute atomic E-state index is 0. The predicted molar refractivity (Wildman–Crippen MR) is 154 cm³/mol. The van der Waals surface area contributed by atoms with Gasteiger partial charge in [-0.1, -0.05) is 73.7 Å². The number of hydrogen-bond acceptors (Lipinski definition) is 6. The smallest absolute Gasteiger partial charge is 0.260 e. The molecule has 6 nitrogen and oxygen atoms in total. The van der Waals surface area contributed by atoms with Gasteiger partial charge < -0.3 is 9.64 Å². The maximum absolute atomic E-state index is 13.7. The van der Waals surface area contributed by atoms with Gasteiger partial charge >= 0.3 is 0 Å². The molecule has 0 unspecified atom stereocenters. The van der Waals surface area contributed by atoms with Crippen LogP contribution < -0.4 is 9.64 Å². The molecule has 0 aliphatic carbocycles. The number of carbonyl (C=O) groups excluding carboxylic acids is 2. The highest BCUT2D eigenvalue weighted by atomic mass is 35.5. The quantitative estimate of drug-likeness (QED) is 0.209. The number of ketones is 1. The number of aromatic nitrogens is 1. The van der Waals surface area contributed by atoms with Gasteiger partial charge in [-0.3, -0.25) is 14.5 Å². The number of rotatable bonds is 11. The van der Waals surface area contributed by atoms with Crippen molar-refractivity contribution in [3.05, 3.63) is 89.5 Å². The summed E-state index contributed by atoms with van der Waals surface area (Å²) in [5.74, 6) is 0.512.